The van der Waals surface area contributed by atoms with Crippen molar-refractivity contribution in [1.29, 1.82) is 0 Å². The van der Waals surface area contributed by atoms with E-state index in [1.54, 1.807) is 37.4 Å². The second kappa shape index (κ2) is 7.98. The fraction of sp³-hybridized carbons (Fsp3) is 0.222. The van der Waals surface area contributed by atoms with Crippen molar-refractivity contribution in [2.75, 3.05) is 14.2 Å². The lowest BCUT2D eigenvalue weighted by Crippen LogP contribution is -2.35. The number of benzene rings is 2. The van der Waals surface area contributed by atoms with E-state index in [9.17, 15) is 9.59 Å². The molecule has 0 aromatic heterocycles. The van der Waals surface area contributed by atoms with Crippen LogP contribution in [0.4, 0.5) is 0 Å². The van der Waals surface area contributed by atoms with Crippen LogP contribution in [0.5, 0.6) is 5.75 Å². The van der Waals surface area contributed by atoms with Crippen molar-refractivity contribution >= 4 is 11.9 Å². The summed E-state index contributed by atoms with van der Waals surface area (Å²) in [7, 11) is 2.85. The summed E-state index contributed by atoms with van der Waals surface area (Å²) in [5.41, 5.74) is 1.43. The number of amides is 1. The van der Waals surface area contributed by atoms with Gasteiger partial charge in [-0.2, -0.15) is 0 Å². The van der Waals surface area contributed by atoms with Crippen LogP contribution in [-0.4, -0.2) is 26.1 Å². The van der Waals surface area contributed by atoms with Crippen LogP contribution in [0.1, 0.15) is 17.2 Å². The molecule has 0 saturated heterocycles. The van der Waals surface area contributed by atoms with Crippen molar-refractivity contribution in [1.82, 2.24) is 5.32 Å². The number of rotatable bonds is 6. The molecule has 120 valence electrons. The van der Waals surface area contributed by atoms with Crippen LogP contribution in [-0.2, 0) is 20.7 Å². The molecule has 2 aromatic carbocycles. The Morgan fingerprint density at radius 1 is 1.00 bits per heavy atom. The van der Waals surface area contributed by atoms with E-state index >= 15 is 0 Å². The van der Waals surface area contributed by atoms with Gasteiger partial charge in [-0.25, -0.2) is 4.79 Å². The molecule has 5 nitrogen and oxygen atoms in total. The Bertz CT molecular complexity index is 670. The highest BCUT2D eigenvalue weighted by Crippen LogP contribution is 2.19. The molecule has 0 aliphatic rings. The molecule has 1 atom stereocenters. The van der Waals surface area contributed by atoms with Crippen molar-refractivity contribution in [3.8, 4) is 5.75 Å². The first-order chi connectivity index (χ1) is 11.2. The predicted molar refractivity (Wildman–Crippen MR) is 86.0 cm³/mol. The number of para-hydroxylation sites is 1. The summed E-state index contributed by atoms with van der Waals surface area (Å²) in [6.07, 6.45) is 0.115. The second-order valence-electron chi connectivity index (χ2n) is 4.92. The number of hydrogen-bond donors (Lipinski definition) is 1. The van der Waals surface area contributed by atoms with Crippen LogP contribution < -0.4 is 10.1 Å². The summed E-state index contributed by atoms with van der Waals surface area (Å²) < 4.78 is 10.0. The van der Waals surface area contributed by atoms with Crippen molar-refractivity contribution in [3.63, 3.8) is 0 Å². The van der Waals surface area contributed by atoms with Crippen molar-refractivity contribution < 1.29 is 19.1 Å². The highest BCUT2D eigenvalue weighted by molar-refractivity contribution is 5.86. The number of carbonyl (C=O) groups is 2. The molecule has 0 aliphatic heterocycles. The molecule has 0 aliphatic carbocycles. The number of methoxy groups -OCH3 is 2. The molecule has 0 bridgehead atoms. The summed E-state index contributed by atoms with van der Waals surface area (Å²) >= 11 is 0. The summed E-state index contributed by atoms with van der Waals surface area (Å²) in [5, 5.41) is 2.71. The fourth-order valence-corrected chi connectivity index (χ4v) is 2.28. The van der Waals surface area contributed by atoms with Crippen LogP contribution >= 0.6 is 0 Å². The summed E-state index contributed by atoms with van der Waals surface area (Å²) in [6.45, 7) is 0. The molecule has 23 heavy (non-hydrogen) atoms. The molecule has 1 amide bonds. The Morgan fingerprint density at radius 3 is 2.30 bits per heavy atom. The first kappa shape index (κ1) is 16.5. The third-order valence-corrected chi connectivity index (χ3v) is 3.42. The lowest BCUT2D eigenvalue weighted by Gasteiger charge is -2.17. The molecule has 0 heterocycles. The van der Waals surface area contributed by atoms with Gasteiger partial charge in [0.1, 0.15) is 5.75 Å². The average Bonchev–Trinajstić information content (AvgIpc) is 2.60. The molecule has 0 radical (unpaired) electrons. The molecule has 0 fully saturated rings. The van der Waals surface area contributed by atoms with E-state index in [0.29, 0.717) is 11.3 Å². The van der Waals surface area contributed by atoms with E-state index in [1.165, 1.54) is 7.11 Å². The monoisotopic (exact) mass is 313 g/mol. The Morgan fingerprint density at radius 2 is 1.65 bits per heavy atom. The number of nitrogens with one attached hydrogen (secondary N) is 1. The maximum absolute atomic E-state index is 12.3. The molecule has 2 aromatic rings. The molecular formula is C18H19NO4. The number of esters is 1. The standard InChI is InChI=1S/C18H19NO4/c1-22-15-11-7-6-10-14(15)12-16(20)19-17(18(21)23-2)13-8-4-3-5-9-13/h3-11,17H,12H2,1-2H3,(H,19,20)/t17-/m0/s1. The minimum atomic E-state index is -0.830. The quantitative estimate of drug-likeness (QED) is 0.831. The Balaban J connectivity index is 2.13. The van der Waals surface area contributed by atoms with Gasteiger partial charge < -0.3 is 14.8 Å². The van der Waals surface area contributed by atoms with Gasteiger partial charge in [-0.1, -0.05) is 48.5 Å². The highest BCUT2D eigenvalue weighted by atomic mass is 16.5. The first-order valence-corrected chi connectivity index (χ1v) is 7.19. The largest absolute Gasteiger partial charge is 0.496 e. The summed E-state index contributed by atoms with van der Waals surface area (Å²) in [4.78, 5) is 24.3. The normalized spacial score (nSPS) is 11.4. The lowest BCUT2D eigenvalue weighted by molar-refractivity contribution is -0.145. The number of ether oxygens (including phenoxy) is 2. The molecule has 0 spiro atoms. The summed E-state index contributed by atoms with van der Waals surface area (Å²) in [6, 6.07) is 15.4. The van der Waals surface area contributed by atoms with Crippen LogP contribution in [0.15, 0.2) is 54.6 Å². The topological polar surface area (TPSA) is 64.6 Å². The molecule has 0 unspecified atom stereocenters. The molecule has 2 rings (SSSR count). The van der Waals surface area contributed by atoms with Gasteiger partial charge >= 0.3 is 5.97 Å². The van der Waals surface area contributed by atoms with Gasteiger partial charge in [0.05, 0.1) is 20.6 Å². The van der Waals surface area contributed by atoms with E-state index in [2.05, 4.69) is 5.32 Å². The zero-order valence-electron chi connectivity index (χ0n) is 13.1. The summed E-state index contributed by atoms with van der Waals surface area (Å²) in [5.74, 6) is -0.157. The van der Waals surface area contributed by atoms with Gasteiger partial charge in [0, 0.05) is 5.56 Å². The van der Waals surface area contributed by atoms with E-state index in [4.69, 9.17) is 9.47 Å². The van der Waals surface area contributed by atoms with Gasteiger partial charge in [0.15, 0.2) is 6.04 Å². The number of hydrogen-bond acceptors (Lipinski definition) is 4. The Labute approximate surface area is 135 Å². The van der Waals surface area contributed by atoms with Gasteiger partial charge in [0.2, 0.25) is 5.91 Å². The van der Waals surface area contributed by atoms with Gasteiger partial charge in [0.25, 0.3) is 0 Å². The zero-order chi connectivity index (χ0) is 16.7. The molecule has 5 heteroatoms. The fourth-order valence-electron chi connectivity index (χ4n) is 2.28. The second-order valence-corrected chi connectivity index (χ2v) is 4.92. The van der Waals surface area contributed by atoms with Gasteiger partial charge in [-0.05, 0) is 11.6 Å². The van der Waals surface area contributed by atoms with Crippen molar-refractivity contribution in [2.45, 2.75) is 12.5 Å². The average molecular weight is 313 g/mol. The van der Waals surface area contributed by atoms with Crippen LogP contribution in [0.25, 0.3) is 0 Å². The van der Waals surface area contributed by atoms with E-state index in [1.807, 2.05) is 24.3 Å². The minimum Gasteiger partial charge on any atom is -0.496 e. The third-order valence-electron chi connectivity index (χ3n) is 3.42. The lowest BCUT2D eigenvalue weighted by atomic mass is 10.1. The van der Waals surface area contributed by atoms with E-state index < -0.39 is 12.0 Å². The SMILES string of the molecule is COC(=O)[C@@H](NC(=O)Cc1ccccc1OC)c1ccccc1. The van der Waals surface area contributed by atoms with E-state index in [0.717, 1.165) is 5.56 Å². The van der Waals surface area contributed by atoms with Crippen LogP contribution in [0.3, 0.4) is 0 Å². The number of carbonyl (C=O) groups excluding carboxylic acids is 2. The highest BCUT2D eigenvalue weighted by Gasteiger charge is 2.23. The van der Waals surface area contributed by atoms with Gasteiger partial charge in [-0.15, -0.1) is 0 Å². The molecular weight excluding hydrogens is 294 g/mol. The van der Waals surface area contributed by atoms with Gasteiger partial charge in [-0.3, -0.25) is 4.79 Å². The third kappa shape index (κ3) is 4.32. The maximum Gasteiger partial charge on any atom is 0.333 e. The van der Waals surface area contributed by atoms with Crippen LogP contribution in [0.2, 0.25) is 0 Å². The van der Waals surface area contributed by atoms with Crippen LogP contribution in [0, 0.1) is 0 Å². The first-order valence-electron chi connectivity index (χ1n) is 7.19. The maximum atomic E-state index is 12.3. The zero-order valence-corrected chi connectivity index (χ0v) is 13.1. The smallest absolute Gasteiger partial charge is 0.333 e. The predicted octanol–water partition coefficient (Wildman–Crippen LogP) is 2.27. The van der Waals surface area contributed by atoms with Crippen molar-refractivity contribution in [3.05, 3.63) is 65.7 Å². The molecule has 0 saturated carbocycles. The van der Waals surface area contributed by atoms with Crippen molar-refractivity contribution in [2.24, 2.45) is 0 Å². The Kier molecular flexibility index (Phi) is 5.74. The van der Waals surface area contributed by atoms with E-state index in [-0.39, 0.29) is 12.3 Å². The molecule has 1 N–H and O–H groups in total. The Hall–Kier alpha value is -2.82. The minimum absolute atomic E-state index is 0.115.